The van der Waals surface area contributed by atoms with Crippen LogP contribution < -0.4 is 9.47 Å². The summed E-state index contributed by atoms with van der Waals surface area (Å²) in [4.78, 5) is 11.3. The van der Waals surface area contributed by atoms with Crippen LogP contribution in [0.2, 0.25) is 0 Å². The number of ether oxygens (including phenoxy) is 3. The van der Waals surface area contributed by atoms with Crippen molar-refractivity contribution >= 4 is 5.97 Å². The maximum Gasteiger partial charge on any atom is 0.586 e. The topological polar surface area (TPSA) is 85.2 Å². The van der Waals surface area contributed by atoms with Crippen molar-refractivity contribution in [3.05, 3.63) is 23.8 Å². The number of aliphatic hydroxyl groups is 2. The Morgan fingerprint density at radius 2 is 2.00 bits per heavy atom. The van der Waals surface area contributed by atoms with Gasteiger partial charge in [-0.1, -0.05) is 6.07 Å². The first-order valence-electron chi connectivity index (χ1n) is 5.76. The largest absolute Gasteiger partial charge is 0.586 e. The molecule has 0 aliphatic carbocycles. The molecule has 0 bridgehead atoms. The lowest BCUT2D eigenvalue weighted by Gasteiger charge is -2.16. The van der Waals surface area contributed by atoms with Crippen molar-refractivity contribution in [2.45, 2.75) is 25.4 Å². The van der Waals surface area contributed by atoms with Crippen molar-refractivity contribution in [1.82, 2.24) is 0 Å². The number of hydrogen-bond acceptors (Lipinski definition) is 6. The van der Waals surface area contributed by atoms with Gasteiger partial charge in [-0.05, 0) is 24.6 Å². The fourth-order valence-corrected chi connectivity index (χ4v) is 1.69. The Morgan fingerprint density at radius 1 is 1.35 bits per heavy atom. The summed E-state index contributed by atoms with van der Waals surface area (Å²) in [6.07, 6.45) is -7.22. The summed E-state index contributed by atoms with van der Waals surface area (Å²) in [6.45, 7) is 1.58. The molecule has 20 heavy (non-hydrogen) atoms. The lowest BCUT2D eigenvalue weighted by atomic mass is 10.0. The second kappa shape index (κ2) is 5.22. The Hall–Kier alpha value is -1.93. The first-order chi connectivity index (χ1) is 9.34. The van der Waals surface area contributed by atoms with Crippen LogP contribution in [-0.4, -0.2) is 35.2 Å². The van der Waals surface area contributed by atoms with Crippen LogP contribution in [0.25, 0.3) is 0 Å². The average molecular weight is 290 g/mol. The number of benzene rings is 1. The molecule has 8 heteroatoms. The van der Waals surface area contributed by atoms with E-state index < -0.39 is 24.5 Å². The van der Waals surface area contributed by atoms with E-state index in [4.69, 9.17) is 0 Å². The second-order valence-electron chi connectivity index (χ2n) is 4.02. The summed E-state index contributed by atoms with van der Waals surface area (Å²) >= 11 is 0. The Morgan fingerprint density at radius 3 is 2.65 bits per heavy atom. The molecule has 0 saturated carbocycles. The highest BCUT2D eigenvalue weighted by molar-refractivity contribution is 5.75. The summed E-state index contributed by atoms with van der Waals surface area (Å²) in [5, 5.41) is 19.4. The summed E-state index contributed by atoms with van der Waals surface area (Å²) in [5.74, 6) is -1.50. The minimum atomic E-state index is -3.77. The molecule has 1 aliphatic rings. The smallest absolute Gasteiger partial charge is 0.464 e. The number of fused-ring (bicyclic) bond motifs is 1. The number of hydrogen-bond donors (Lipinski definition) is 2. The van der Waals surface area contributed by atoms with Crippen molar-refractivity contribution in [2.24, 2.45) is 0 Å². The summed E-state index contributed by atoms with van der Waals surface area (Å²) in [7, 11) is 0. The zero-order valence-corrected chi connectivity index (χ0v) is 10.4. The van der Waals surface area contributed by atoms with Gasteiger partial charge in [0.2, 0.25) is 0 Å². The summed E-state index contributed by atoms with van der Waals surface area (Å²) < 4.78 is 38.6. The minimum absolute atomic E-state index is 0.0191. The molecule has 0 spiro atoms. The van der Waals surface area contributed by atoms with Gasteiger partial charge in [-0.3, -0.25) is 0 Å². The van der Waals surface area contributed by atoms with Crippen molar-refractivity contribution in [3.8, 4) is 11.5 Å². The second-order valence-corrected chi connectivity index (χ2v) is 4.02. The maximum absolute atomic E-state index is 12.8. The molecule has 0 aromatic heterocycles. The molecule has 2 atom stereocenters. The number of carbonyl (C=O) groups is 1. The highest BCUT2D eigenvalue weighted by atomic mass is 19.3. The van der Waals surface area contributed by atoms with E-state index in [2.05, 4.69) is 14.2 Å². The zero-order chi connectivity index (χ0) is 14.9. The molecule has 0 amide bonds. The maximum atomic E-state index is 12.8. The molecule has 1 aliphatic heterocycles. The summed E-state index contributed by atoms with van der Waals surface area (Å²) in [6, 6.07) is 3.44. The SMILES string of the molecule is CCOC(=O)C(O)C(O)c1ccc2c(c1)OC(F)(F)O2. The molecule has 6 nitrogen and oxygen atoms in total. The lowest BCUT2D eigenvalue weighted by molar-refractivity contribution is -0.286. The van der Waals surface area contributed by atoms with Gasteiger partial charge in [0.25, 0.3) is 0 Å². The van der Waals surface area contributed by atoms with Gasteiger partial charge in [0, 0.05) is 0 Å². The zero-order valence-electron chi connectivity index (χ0n) is 10.4. The van der Waals surface area contributed by atoms with E-state index in [0.29, 0.717) is 0 Å². The molecule has 2 N–H and O–H groups in total. The Kier molecular flexibility index (Phi) is 3.78. The molecule has 0 saturated heterocycles. The van der Waals surface area contributed by atoms with E-state index in [1.165, 1.54) is 6.07 Å². The van der Waals surface area contributed by atoms with Crippen LogP contribution in [-0.2, 0) is 9.53 Å². The van der Waals surface area contributed by atoms with Crippen molar-refractivity contribution in [3.63, 3.8) is 0 Å². The van der Waals surface area contributed by atoms with Crippen molar-refractivity contribution in [2.75, 3.05) is 6.61 Å². The van der Waals surface area contributed by atoms with Crippen LogP contribution in [0, 0.1) is 0 Å². The average Bonchev–Trinajstić information content (AvgIpc) is 2.69. The summed E-state index contributed by atoms with van der Waals surface area (Å²) in [5.41, 5.74) is 0.0191. The third-order valence-corrected chi connectivity index (χ3v) is 2.59. The van der Waals surface area contributed by atoms with Gasteiger partial charge < -0.3 is 24.4 Å². The number of halogens is 2. The van der Waals surface area contributed by atoms with E-state index in [0.717, 1.165) is 12.1 Å². The van der Waals surface area contributed by atoms with Crippen molar-refractivity contribution < 1.29 is 38.0 Å². The van der Waals surface area contributed by atoms with E-state index in [1.807, 2.05) is 0 Å². The normalized spacial score (nSPS) is 18.4. The van der Waals surface area contributed by atoms with Crippen molar-refractivity contribution in [1.29, 1.82) is 0 Å². The molecule has 1 aromatic rings. The standard InChI is InChI=1S/C12H12F2O6/c1-2-18-11(17)10(16)9(15)6-3-4-7-8(5-6)20-12(13,14)19-7/h3-5,9-10,15-16H,2H2,1H3. The molecule has 2 rings (SSSR count). The van der Waals surface area contributed by atoms with Gasteiger partial charge >= 0.3 is 12.3 Å². The van der Waals surface area contributed by atoms with Crippen LogP contribution >= 0.6 is 0 Å². The van der Waals surface area contributed by atoms with Gasteiger partial charge in [0.1, 0.15) is 6.10 Å². The van der Waals surface area contributed by atoms with Crippen LogP contribution in [0.1, 0.15) is 18.6 Å². The molecule has 1 aromatic carbocycles. The third-order valence-electron chi connectivity index (χ3n) is 2.59. The number of rotatable bonds is 4. The van der Waals surface area contributed by atoms with Gasteiger partial charge in [0.15, 0.2) is 17.6 Å². The van der Waals surface area contributed by atoms with E-state index in [1.54, 1.807) is 6.92 Å². The fraction of sp³-hybridized carbons (Fsp3) is 0.417. The number of alkyl halides is 2. The molecule has 2 unspecified atom stereocenters. The first kappa shape index (κ1) is 14.5. The first-order valence-corrected chi connectivity index (χ1v) is 5.76. The predicted molar refractivity (Wildman–Crippen MR) is 60.2 cm³/mol. The van der Waals surface area contributed by atoms with E-state index >= 15 is 0 Å². The van der Waals surface area contributed by atoms with E-state index in [9.17, 15) is 23.8 Å². The molecule has 0 fully saturated rings. The number of esters is 1. The molecular formula is C12H12F2O6. The Balaban J connectivity index is 2.17. The van der Waals surface area contributed by atoms with Crippen LogP contribution in [0.4, 0.5) is 8.78 Å². The fourth-order valence-electron chi connectivity index (χ4n) is 1.69. The Bertz CT molecular complexity index is 519. The number of aliphatic hydroxyl groups excluding tert-OH is 2. The van der Waals surface area contributed by atoms with Crippen LogP contribution in [0.3, 0.4) is 0 Å². The molecular weight excluding hydrogens is 278 g/mol. The third kappa shape index (κ3) is 2.81. The lowest BCUT2D eigenvalue weighted by Crippen LogP contribution is -2.29. The molecule has 110 valence electrons. The predicted octanol–water partition coefficient (Wildman–Crippen LogP) is 0.966. The number of carbonyl (C=O) groups excluding carboxylic acids is 1. The quantitative estimate of drug-likeness (QED) is 0.804. The van der Waals surface area contributed by atoms with Crippen LogP contribution in [0.15, 0.2) is 18.2 Å². The van der Waals surface area contributed by atoms with Gasteiger partial charge in [0.05, 0.1) is 6.61 Å². The monoisotopic (exact) mass is 290 g/mol. The Labute approximate surface area is 112 Å². The minimum Gasteiger partial charge on any atom is -0.464 e. The van der Waals surface area contributed by atoms with E-state index in [-0.39, 0.29) is 23.7 Å². The highest BCUT2D eigenvalue weighted by Gasteiger charge is 2.43. The molecule has 1 heterocycles. The highest BCUT2D eigenvalue weighted by Crippen LogP contribution is 2.42. The van der Waals surface area contributed by atoms with Gasteiger partial charge in [-0.15, -0.1) is 8.78 Å². The van der Waals surface area contributed by atoms with Gasteiger partial charge in [-0.2, -0.15) is 0 Å². The van der Waals surface area contributed by atoms with Gasteiger partial charge in [-0.25, -0.2) is 4.79 Å². The molecule has 0 radical (unpaired) electrons. The van der Waals surface area contributed by atoms with Crippen LogP contribution in [0.5, 0.6) is 11.5 Å².